The largest absolute Gasteiger partial charge is 0.453 e. The maximum Gasteiger partial charge on any atom is 0.409 e. The Morgan fingerprint density at radius 2 is 2.00 bits per heavy atom. The summed E-state index contributed by atoms with van der Waals surface area (Å²) in [5, 5.41) is 10.6. The molecule has 24 heavy (non-hydrogen) atoms. The molecular formula is C16H19N5O3. The molecule has 3 rings (SSSR count). The van der Waals surface area contributed by atoms with Crippen LogP contribution in [0, 0.1) is 0 Å². The second-order valence-electron chi connectivity index (χ2n) is 6.14. The van der Waals surface area contributed by atoms with E-state index in [2.05, 4.69) is 20.4 Å². The summed E-state index contributed by atoms with van der Waals surface area (Å²) in [5.74, 6) is -0.158. The topological polar surface area (TPSA) is 89.4 Å². The van der Waals surface area contributed by atoms with Gasteiger partial charge in [-0.3, -0.25) is 4.79 Å². The molecule has 1 saturated heterocycles. The Hall–Kier alpha value is -2.90. The van der Waals surface area contributed by atoms with Gasteiger partial charge < -0.3 is 15.0 Å². The normalized spacial score (nSPS) is 15.5. The van der Waals surface area contributed by atoms with Crippen LogP contribution in [0.5, 0.6) is 0 Å². The van der Waals surface area contributed by atoms with Gasteiger partial charge in [-0.2, -0.15) is 0 Å². The van der Waals surface area contributed by atoms with Crippen LogP contribution >= 0.6 is 0 Å². The van der Waals surface area contributed by atoms with Gasteiger partial charge in [0, 0.05) is 24.8 Å². The van der Waals surface area contributed by atoms with Crippen molar-refractivity contribution in [3.05, 3.63) is 47.8 Å². The molecule has 0 unspecified atom stereocenters. The summed E-state index contributed by atoms with van der Waals surface area (Å²) in [6.07, 6.45) is 3.03. The van der Waals surface area contributed by atoms with Gasteiger partial charge in [0.05, 0.1) is 25.4 Å². The Balaban J connectivity index is 1.57. The first kappa shape index (κ1) is 16.0. The van der Waals surface area contributed by atoms with Gasteiger partial charge in [0.1, 0.15) is 0 Å². The van der Waals surface area contributed by atoms with E-state index in [0.29, 0.717) is 25.2 Å². The third-order valence-electron chi connectivity index (χ3n) is 3.96. The fourth-order valence-electron chi connectivity index (χ4n) is 2.75. The molecule has 1 N–H and O–H groups in total. The molecule has 1 aromatic heterocycles. The van der Waals surface area contributed by atoms with Crippen molar-refractivity contribution in [1.29, 1.82) is 0 Å². The Kier molecular flexibility index (Phi) is 4.20. The first-order valence-corrected chi connectivity index (χ1v) is 7.57. The summed E-state index contributed by atoms with van der Waals surface area (Å²) >= 11 is 0. The number of carbonyl (C=O) groups excluding carboxylic acids is 2. The standard InChI is InChI=1S/C16H19N5O3/c1-16(10-20(11-16)15(23)24-2)18-14(22)13-5-3-12(4-6-13)9-21-8-7-17-19-21/h3-8H,9-11H2,1-2H3,(H,18,22). The van der Waals surface area contributed by atoms with E-state index in [9.17, 15) is 9.59 Å². The van der Waals surface area contributed by atoms with E-state index in [-0.39, 0.29) is 12.0 Å². The molecular weight excluding hydrogens is 310 g/mol. The summed E-state index contributed by atoms with van der Waals surface area (Å²) in [5.41, 5.74) is 1.18. The molecule has 1 aliphatic heterocycles. The van der Waals surface area contributed by atoms with Crippen LogP contribution < -0.4 is 5.32 Å². The minimum absolute atomic E-state index is 0.158. The van der Waals surface area contributed by atoms with Gasteiger partial charge in [0.2, 0.25) is 0 Å². The number of nitrogens with one attached hydrogen (secondary N) is 1. The minimum Gasteiger partial charge on any atom is -0.453 e. The zero-order chi connectivity index (χ0) is 17.2. The summed E-state index contributed by atoms with van der Waals surface area (Å²) in [6, 6.07) is 7.34. The van der Waals surface area contributed by atoms with Crippen molar-refractivity contribution in [3.63, 3.8) is 0 Å². The highest BCUT2D eigenvalue weighted by Crippen LogP contribution is 2.21. The molecule has 8 heteroatoms. The van der Waals surface area contributed by atoms with Crippen molar-refractivity contribution in [2.45, 2.75) is 19.0 Å². The molecule has 2 amide bonds. The van der Waals surface area contributed by atoms with E-state index >= 15 is 0 Å². The summed E-state index contributed by atoms with van der Waals surface area (Å²) in [6.45, 7) is 3.39. The van der Waals surface area contributed by atoms with Crippen LogP contribution in [-0.2, 0) is 11.3 Å². The molecule has 0 bridgehead atoms. The van der Waals surface area contributed by atoms with Crippen molar-refractivity contribution >= 4 is 12.0 Å². The predicted octanol–water partition coefficient (Wildman–Crippen LogP) is 0.897. The molecule has 1 aromatic carbocycles. The maximum atomic E-state index is 12.4. The smallest absolute Gasteiger partial charge is 0.409 e. The van der Waals surface area contributed by atoms with Gasteiger partial charge in [0.15, 0.2) is 0 Å². The van der Waals surface area contributed by atoms with Crippen LogP contribution in [-0.4, -0.2) is 57.6 Å². The molecule has 1 aliphatic rings. The lowest BCUT2D eigenvalue weighted by Gasteiger charge is -2.47. The van der Waals surface area contributed by atoms with Crippen molar-refractivity contribution in [2.24, 2.45) is 0 Å². The molecule has 8 nitrogen and oxygen atoms in total. The number of rotatable bonds is 4. The van der Waals surface area contributed by atoms with Gasteiger partial charge in [0.25, 0.3) is 5.91 Å². The fraction of sp³-hybridized carbons (Fsp3) is 0.375. The molecule has 0 aliphatic carbocycles. The summed E-state index contributed by atoms with van der Waals surface area (Å²) < 4.78 is 6.37. The third kappa shape index (κ3) is 3.37. The molecule has 1 fully saturated rings. The number of carbonyl (C=O) groups is 2. The van der Waals surface area contributed by atoms with Gasteiger partial charge >= 0.3 is 6.09 Å². The first-order chi connectivity index (χ1) is 11.5. The van der Waals surface area contributed by atoms with Crippen LogP contribution in [0.1, 0.15) is 22.8 Å². The van der Waals surface area contributed by atoms with E-state index in [1.165, 1.54) is 7.11 Å². The predicted molar refractivity (Wildman–Crippen MR) is 85.4 cm³/mol. The van der Waals surface area contributed by atoms with Gasteiger partial charge in [-0.05, 0) is 24.6 Å². The second-order valence-corrected chi connectivity index (χ2v) is 6.14. The van der Waals surface area contributed by atoms with Gasteiger partial charge in [-0.15, -0.1) is 5.10 Å². The van der Waals surface area contributed by atoms with E-state index in [0.717, 1.165) is 5.56 Å². The van der Waals surface area contributed by atoms with Crippen molar-refractivity contribution in [3.8, 4) is 0 Å². The lowest BCUT2D eigenvalue weighted by Crippen LogP contribution is -2.69. The number of hydrogen-bond donors (Lipinski definition) is 1. The van der Waals surface area contributed by atoms with Crippen LogP contribution in [0.4, 0.5) is 4.79 Å². The molecule has 2 aromatic rings. The molecule has 0 spiro atoms. The summed E-state index contributed by atoms with van der Waals surface area (Å²) in [4.78, 5) is 25.3. The van der Waals surface area contributed by atoms with Crippen LogP contribution in [0.15, 0.2) is 36.7 Å². The van der Waals surface area contributed by atoms with Crippen LogP contribution in [0.25, 0.3) is 0 Å². The molecule has 2 heterocycles. The number of aromatic nitrogens is 3. The lowest BCUT2D eigenvalue weighted by molar-refractivity contribution is 0.0385. The van der Waals surface area contributed by atoms with E-state index < -0.39 is 5.54 Å². The Labute approximate surface area is 139 Å². The fourth-order valence-corrected chi connectivity index (χ4v) is 2.75. The lowest BCUT2D eigenvalue weighted by atomic mass is 9.92. The number of likely N-dealkylation sites (tertiary alicyclic amines) is 1. The highest BCUT2D eigenvalue weighted by molar-refractivity contribution is 5.95. The Morgan fingerprint density at radius 3 is 2.58 bits per heavy atom. The number of amides is 2. The molecule has 0 radical (unpaired) electrons. The Bertz CT molecular complexity index is 721. The van der Waals surface area contributed by atoms with Crippen molar-refractivity contribution < 1.29 is 14.3 Å². The van der Waals surface area contributed by atoms with Gasteiger partial charge in [-0.1, -0.05) is 17.3 Å². The van der Waals surface area contributed by atoms with E-state index in [1.807, 2.05) is 19.1 Å². The molecule has 126 valence electrons. The molecule has 0 atom stereocenters. The quantitative estimate of drug-likeness (QED) is 0.900. The van der Waals surface area contributed by atoms with E-state index in [1.54, 1.807) is 34.1 Å². The SMILES string of the molecule is COC(=O)N1CC(C)(NC(=O)c2ccc(Cn3ccnn3)cc2)C1. The zero-order valence-corrected chi connectivity index (χ0v) is 13.6. The molecule has 0 saturated carbocycles. The zero-order valence-electron chi connectivity index (χ0n) is 13.6. The number of ether oxygens (including phenoxy) is 1. The highest BCUT2D eigenvalue weighted by Gasteiger charge is 2.43. The van der Waals surface area contributed by atoms with Crippen LogP contribution in [0.3, 0.4) is 0 Å². The van der Waals surface area contributed by atoms with Crippen molar-refractivity contribution in [1.82, 2.24) is 25.2 Å². The number of nitrogens with zero attached hydrogens (tertiary/aromatic N) is 4. The maximum absolute atomic E-state index is 12.4. The Morgan fingerprint density at radius 1 is 1.29 bits per heavy atom. The first-order valence-electron chi connectivity index (χ1n) is 7.57. The van der Waals surface area contributed by atoms with Crippen molar-refractivity contribution in [2.75, 3.05) is 20.2 Å². The second kappa shape index (κ2) is 6.31. The van der Waals surface area contributed by atoms with Gasteiger partial charge in [-0.25, -0.2) is 9.48 Å². The monoisotopic (exact) mass is 329 g/mol. The highest BCUT2D eigenvalue weighted by atomic mass is 16.5. The van der Waals surface area contributed by atoms with Crippen LogP contribution in [0.2, 0.25) is 0 Å². The number of hydrogen-bond acceptors (Lipinski definition) is 5. The minimum atomic E-state index is -0.426. The third-order valence-corrected chi connectivity index (χ3v) is 3.96. The van der Waals surface area contributed by atoms with E-state index in [4.69, 9.17) is 0 Å². The number of benzene rings is 1. The number of methoxy groups -OCH3 is 1. The average molecular weight is 329 g/mol. The summed E-state index contributed by atoms with van der Waals surface area (Å²) in [7, 11) is 1.34. The average Bonchev–Trinajstić information content (AvgIpc) is 3.05.